The number of amides is 2. The minimum absolute atomic E-state index is 0.0959. The Morgan fingerprint density at radius 3 is 2.00 bits per heavy atom. The van der Waals surface area contributed by atoms with Gasteiger partial charge in [-0.25, -0.2) is 4.79 Å². The Balaban J connectivity index is 1.55. The van der Waals surface area contributed by atoms with Crippen LogP contribution in [0.4, 0.5) is 10.5 Å². The molecule has 1 saturated heterocycles. The second-order valence-corrected chi connectivity index (χ2v) is 7.81. The lowest BCUT2D eigenvalue weighted by molar-refractivity contribution is 0.157. The molecule has 1 N–H and O–H groups in total. The maximum Gasteiger partial charge on any atom is 0.322 e. The summed E-state index contributed by atoms with van der Waals surface area (Å²) < 4.78 is 0. The first-order chi connectivity index (χ1) is 11.2. The van der Waals surface area contributed by atoms with Crippen molar-refractivity contribution in [2.75, 3.05) is 5.32 Å². The van der Waals surface area contributed by atoms with Gasteiger partial charge in [-0.2, -0.15) is 0 Å². The predicted molar refractivity (Wildman–Crippen MR) is 93.8 cm³/mol. The van der Waals surface area contributed by atoms with Crippen LogP contribution in [0.1, 0.15) is 51.4 Å². The Kier molecular flexibility index (Phi) is 4.23. The fourth-order valence-corrected chi connectivity index (χ4v) is 5.36. The lowest BCUT2D eigenvalue weighted by atomic mass is 9.73. The maximum absolute atomic E-state index is 13.0. The van der Waals surface area contributed by atoms with Crippen LogP contribution in [0.15, 0.2) is 24.3 Å². The van der Waals surface area contributed by atoms with Crippen molar-refractivity contribution < 1.29 is 4.79 Å². The van der Waals surface area contributed by atoms with E-state index in [9.17, 15) is 4.79 Å². The van der Waals surface area contributed by atoms with E-state index in [4.69, 9.17) is 11.6 Å². The molecule has 4 atom stereocenters. The average Bonchev–Trinajstić information content (AvgIpc) is 2.91. The van der Waals surface area contributed by atoms with Crippen molar-refractivity contribution in [3.63, 3.8) is 0 Å². The van der Waals surface area contributed by atoms with Crippen molar-refractivity contribution in [2.24, 2.45) is 11.8 Å². The lowest BCUT2D eigenvalue weighted by Gasteiger charge is -2.34. The number of nitrogens with one attached hydrogen (secondary N) is 1. The molecule has 2 aliphatic carbocycles. The third-order valence-electron chi connectivity index (χ3n) is 6.16. The number of anilines is 1. The molecule has 124 valence electrons. The maximum atomic E-state index is 13.0. The monoisotopic (exact) mass is 332 g/mol. The number of carbonyl (C=O) groups excluding carboxylic acids is 1. The van der Waals surface area contributed by atoms with Crippen molar-refractivity contribution in [3.8, 4) is 0 Å². The van der Waals surface area contributed by atoms with E-state index < -0.39 is 0 Å². The molecule has 3 fully saturated rings. The van der Waals surface area contributed by atoms with Gasteiger partial charge in [-0.05, 0) is 61.8 Å². The molecule has 0 radical (unpaired) electrons. The van der Waals surface area contributed by atoms with Gasteiger partial charge in [0.05, 0.1) is 0 Å². The number of rotatable bonds is 1. The van der Waals surface area contributed by atoms with Crippen LogP contribution in [0.25, 0.3) is 0 Å². The summed E-state index contributed by atoms with van der Waals surface area (Å²) in [6.07, 6.45) is 10.2. The third-order valence-corrected chi connectivity index (χ3v) is 6.41. The largest absolute Gasteiger partial charge is 0.322 e. The minimum Gasteiger partial charge on any atom is -0.318 e. The van der Waals surface area contributed by atoms with Crippen LogP contribution in [0.5, 0.6) is 0 Å². The Hall–Kier alpha value is -1.22. The third kappa shape index (κ3) is 2.84. The number of hydrogen-bond donors (Lipinski definition) is 1. The molecule has 2 saturated carbocycles. The number of likely N-dealkylation sites (tertiary alicyclic amines) is 1. The number of fused-ring (bicyclic) bond motifs is 3. The molecule has 4 heteroatoms. The number of hydrogen-bond acceptors (Lipinski definition) is 1. The van der Waals surface area contributed by atoms with Gasteiger partial charge in [0.1, 0.15) is 0 Å². The predicted octanol–water partition coefficient (Wildman–Crippen LogP) is 5.31. The first kappa shape index (κ1) is 15.3. The Morgan fingerprint density at radius 2 is 1.43 bits per heavy atom. The topological polar surface area (TPSA) is 32.3 Å². The van der Waals surface area contributed by atoms with Crippen LogP contribution in [0.3, 0.4) is 0 Å². The van der Waals surface area contributed by atoms with Gasteiger partial charge < -0.3 is 10.2 Å². The molecule has 1 aromatic rings. The summed E-state index contributed by atoms with van der Waals surface area (Å²) in [5.74, 6) is 1.48. The molecular weight excluding hydrogens is 308 g/mol. The molecule has 1 aliphatic heterocycles. The van der Waals surface area contributed by atoms with Crippen LogP contribution < -0.4 is 5.32 Å². The van der Waals surface area contributed by atoms with Crippen molar-refractivity contribution in [2.45, 2.75) is 63.5 Å². The molecule has 0 spiro atoms. The summed E-state index contributed by atoms with van der Waals surface area (Å²) in [5.41, 5.74) is 0.839. The smallest absolute Gasteiger partial charge is 0.318 e. The molecule has 0 aromatic heterocycles. The molecule has 1 aromatic carbocycles. The van der Waals surface area contributed by atoms with Gasteiger partial charge in [0, 0.05) is 22.8 Å². The van der Waals surface area contributed by atoms with Crippen molar-refractivity contribution >= 4 is 23.3 Å². The van der Waals surface area contributed by atoms with Gasteiger partial charge in [-0.1, -0.05) is 37.3 Å². The van der Waals surface area contributed by atoms with E-state index in [1.165, 1.54) is 51.4 Å². The highest BCUT2D eigenvalue weighted by Crippen LogP contribution is 2.49. The summed E-state index contributed by atoms with van der Waals surface area (Å²) in [6.45, 7) is 0. The average molecular weight is 333 g/mol. The zero-order valence-electron chi connectivity index (χ0n) is 13.5. The van der Waals surface area contributed by atoms with E-state index in [0.29, 0.717) is 17.1 Å². The molecule has 0 unspecified atom stereocenters. The first-order valence-electron chi connectivity index (χ1n) is 9.09. The number of carbonyl (C=O) groups is 1. The van der Waals surface area contributed by atoms with E-state index in [1.807, 2.05) is 24.3 Å². The van der Waals surface area contributed by atoms with E-state index in [0.717, 1.165) is 17.5 Å². The quantitative estimate of drug-likeness (QED) is 0.743. The molecule has 3 aliphatic rings. The SMILES string of the molecule is O=C(Nc1ccc(Cl)cc1)N1[C@@H]2CCCC[C@H]2[C@H]2CCCC[C@@H]21. The van der Waals surface area contributed by atoms with E-state index >= 15 is 0 Å². The van der Waals surface area contributed by atoms with E-state index in [-0.39, 0.29) is 6.03 Å². The fourth-order valence-electron chi connectivity index (χ4n) is 5.24. The normalized spacial score (nSPS) is 33.0. The number of urea groups is 1. The van der Waals surface area contributed by atoms with Gasteiger partial charge in [0.15, 0.2) is 0 Å². The first-order valence-corrected chi connectivity index (χ1v) is 9.47. The second-order valence-electron chi connectivity index (χ2n) is 7.38. The minimum atomic E-state index is 0.0959. The van der Waals surface area contributed by atoms with Crippen LogP contribution >= 0.6 is 11.6 Å². The number of nitrogens with zero attached hydrogens (tertiary/aromatic N) is 1. The van der Waals surface area contributed by atoms with Gasteiger partial charge in [-0.15, -0.1) is 0 Å². The molecule has 4 rings (SSSR count). The summed E-state index contributed by atoms with van der Waals surface area (Å²) >= 11 is 5.93. The standard InChI is InChI=1S/C19H25ClN2O/c20-13-9-11-14(12-10-13)21-19(23)22-17-7-3-1-5-15(17)16-6-2-4-8-18(16)22/h9-12,15-18H,1-8H2,(H,21,23)/t15-,16+,17+,18-. The summed E-state index contributed by atoms with van der Waals surface area (Å²) in [6, 6.07) is 8.44. The Morgan fingerprint density at radius 1 is 0.913 bits per heavy atom. The van der Waals surface area contributed by atoms with Crippen LogP contribution in [0.2, 0.25) is 5.02 Å². The van der Waals surface area contributed by atoms with Crippen LogP contribution in [0, 0.1) is 11.8 Å². The highest BCUT2D eigenvalue weighted by Gasteiger charge is 2.51. The summed E-state index contributed by atoms with van der Waals surface area (Å²) in [7, 11) is 0. The van der Waals surface area contributed by atoms with Crippen LogP contribution in [-0.2, 0) is 0 Å². The molecule has 0 bridgehead atoms. The molecule has 23 heavy (non-hydrogen) atoms. The summed E-state index contributed by atoms with van der Waals surface area (Å²) in [5, 5.41) is 3.80. The van der Waals surface area contributed by atoms with E-state index in [2.05, 4.69) is 10.2 Å². The van der Waals surface area contributed by atoms with Gasteiger partial charge >= 0.3 is 6.03 Å². The fraction of sp³-hybridized carbons (Fsp3) is 0.632. The van der Waals surface area contributed by atoms with Crippen LogP contribution in [-0.4, -0.2) is 23.0 Å². The van der Waals surface area contributed by atoms with Gasteiger partial charge in [0.25, 0.3) is 0 Å². The summed E-state index contributed by atoms with van der Waals surface area (Å²) in [4.78, 5) is 15.2. The highest BCUT2D eigenvalue weighted by molar-refractivity contribution is 6.30. The van der Waals surface area contributed by atoms with Crippen molar-refractivity contribution in [3.05, 3.63) is 29.3 Å². The zero-order valence-corrected chi connectivity index (χ0v) is 14.3. The second kappa shape index (κ2) is 6.35. The Labute approximate surface area is 143 Å². The molecule has 3 nitrogen and oxygen atoms in total. The lowest BCUT2D eigenvalue weighted by Crippen LogP contribution is -2.46. The molecule has 1 heterocycles. The van der Waals surface area contributed by atoms with Crippen molar-refractivity contribution in [1.29, 1.82) is 0 Å². The molecular formula is C19H25ClN2O. The van der Waals surface area contributed by atoms with Crippen molar-refractivity contribution in [1.82, 2.24) is 4.90 Å². The van der Waals surface area contributed by atoms with E-state index in [1.54, 1.807) is 0 Å². The highest BCUT2D eigenvalue weighted by atomic mass is 35.5. The molecule has 2 amide bonds. The number of benzene rings is 1. The Bertz CT molecular complexity index is 551. The van der Waals surface area contributed by atoms with Gasteiger partial charge in [0.2, 0.25) is 0 Å². The number of halogens is 1. The van der Waals surface area contributed by atoms with Gasteiger partial charge in [-0.3, -0.25) is 0 Å². The zero-order chi connectivity index (χ0) is 15.8.